The van der Waals surface area contributed by atoms with E-state index < -0.39 is 20.9 Å². The van der Waals surface area contributed by atoms with Crippen LogP contribution in [0.5, 0.6) is 0 Å². The maximum atomic E-state index is 12.6. The van der Waals surface area contributed by atoms with Crippen molar-refractivity contribution in [2.75, 3.05) is 12.6 Å². The molecular weight excluding hydrogens is 502 g/mol. The summed E-state index contributed by atoms with van der Waals surface area (Å²) in [5.41, 5.74) is 0.138. The van der Waals surface area contributed by atoms with Gasteiger partial charge in [0.15, 0.2) is 0 Å². The standard InChI is InChI=1S/C30H54O5P2/c1-6-8-10-12-13-14-15-17-19-21-27-26(20-18-16-11-9-7-2)22-23-30(4)28(29(27)30)25(3)35-37(33,34)24-36(5,31)32/h8-11,14-15,25-29H,6-7,12-13,16-24H2,1-5H3,(H,31,32)(H,33,34). The molecule has 8 unspecified atom stereocenters. The average Bonchev–Trinajstić information content (AvgIpc) is 3.42. The largest absolute Gasteiger partial charge is 0.344 e. The lowest BCUT2D eigenvalue weighted by molar-refractivity contribution is 0.150. The first-order valence-electron chi connectivity index (χ1n) is 14.7. The molecule has 2 saturated carbocycles. The molecule has 0 aromatic rings. The highest BCUT2D eigenvalue weighted by Gasteiger charge is 2.68. The fourth-order valence-electron chi connectivity index (χ4n) is 6.99. The lowest BCUT2D eigenvalue weighted by atomic mass is 9.71. The molecule has 0 spiro atoms. The Morgan fingerprint density at radius 1 is 0.919 bits per heavy atom. The molecule has 2 N–H and O–H groups in total. The van der Waals surface area contributed by atoms with Gasteiger partial charge in [0.2, 0.25) is 7.37 Å². The van der Waals surface area contributed by atoms with Crippen LogP contribution in [0.2, 0.25) is 0 Å². The summed E-state index contributed by atoms with van der Waals surface area (Å²) in [6.45, 7) is 9.68. The smallest absolute Gasteiger partial charge is 0.337 e. The zero-order valence-electron chi connectivity index (χ0n) is 24.1. The quantitative estimate of drug-likeness (QED) is 0.0998. The van der Waals surface area contributed by atoms with E-state index in [2.05, 4.69) is 57.2 Å². The summed E-state index contributed by atoms with van der Waals surface area (Å²) in [6.07, 6.45) is 27.1. The van der Waals surface area contributed by atoms with Crippen LogP contribution >= 0.6 is 15.0 Å². The molecule has 2 aliphatic rings. The van der Waals surface area contributed by atoms with Gasteiger partial charge in [0.25, 0.3) is 0 Å². The lowest BCUT2D eigenvalue weighted by Gasteiger charge is -2.34. The van der Waals surface area contributed by atoms with Crippen LogP contribution in [0.25, 0.3) is 0 Å². The highest BCUT2D eigenvalue weighted by atomic mass is 31.2. The molecule has 0 heterocycles. The summed E-state index contributed by atoms with van der Waals surface area (Å²) in [5.74, 6) is 1.37. The third-order valence-electron chi connectivity index (χ3n) is 8.52. The van der Waals surface area contributed by atoms with Gasteiger partial charge in [-0.1, -0.05) is 57.2 Å². The van der Waals surface area contributed by atoms with Crippen molar-refractivity contribution in [3.05, 3.63) is 36.5 Å². The molecule has 2 fully saturated rings. The highest BCUT2D eigenvalue weighted by molar-refractivity contribution is 7.72. The second-order valence-corrected chi connectivity index (χ2v) is 16.5. The Balaban J connectivity index is 2.01. The molecule has 0 aromatic carbocycles. The van der Waals surface area contributed by atoms with Crippen molar-refractivity contribution in [1.82, 2.24) is 0 Å². The van der Waals surface area contributed by atoms with Crippen molar-refractivity contribution in [3.63, 3.8) is 0 Å². The van der Waals surface area contributed by atoms with Crippen LogP contribution in [0, 0.1) is 29.1 Å². The summed E-state index contributed by atoms with van der Waals surface area (Å²) < 4.78 is 30.0. The molecule has 7 heteroatoms. The molecule has 0 saturated heterocycles. The highest BCUT2D eigenvalue weighted by Crippen LogP contribution is 2.73. The van der Waals surface area contributed by atoms with E-state index in [-0.39, 0.29) is 17.4 Å². The Labute approximate surface area is 227 Å². The molecule has 214 valence electrons. The molecule has 0 aromatic heterocycles. The third kappa shape index (κ3) is 10.9. The topological polar surface area (TPSA) is 83.8 Å². The van der Waals surface area contributed by atoms with Gasteiger partial charge >= 0.3 is 7.60 Å². The minimum absolute atomic E-state index is 0.138. The number of fused-ring (bicyclic) bond motifs is 1. The van der Waals surface area contributed by atoms with Crippen LogP contribution < -0.4 is 0 Å². The molecule has 0 radical (unpaired) electrons. The van der Waals surface area contributed by atoms with Crippen LogP contribution in [0.15, 0.2) is 36.5 Å². The first-order chi connectivity index (χ1) is 17.4. The molecule has 37 heavy (non-hydrogen) atoms. The van der Waals surface area contributed by atoms with E-state index in [0.717, 1.165) is 51.6 Å². The van der Waals surface area contributed by atoms with Crippen LogP contribution in [0.3, 0.4) is 0 Å². The van der Waals surface area contributed by atoms with E-state index in [1.165, 1.54) is 32.1 Å². The van der Waals surface area contributed by atoms with E-state index in [9.17, 15) is 18.9 Å². The Kier molecular flexibility index (Phi) is 13.6. The Morgan fingerprint density at radius 2 is 1.46 bits per heavy atom. The maximum Gasteiger partial charge on any atom is 0.337 e. The van der Waals surface area contributed by atoms with E-state index in [1.807, 2.05) is 6.92 Å². The summed E-state index contributed by atoms with van der Waals surface area (Å²) in [6, 6.07) is 0. The third-order valence-corrected chi connectivity index (χ3v) is 12.7. The molecule has 0 bridgehead atoms. The van der Waals surface area contributed by atoms with Gasteiger partial charge in [-0.05, 0) is 113 Å². The van der Waals surface area contributed by atoms with E-state index in [4.69, 9.17) is 4.52 Å². The predicted octanol–water partition coefficient (Wildman–Crippen LogP) is 9.32. The van der Waals surface area contributed by atoms with Gasteiger partial charge in [-0.2, -0.15) is 0 Å². The number of hydrogen-bond donors (Lipinski definition) is 2. The molecular formula is C30H54O5P2. The zero-order valence-corrected chi connectivity index (χ0v) is 25.8. The van der Waals surface area contributed by atoms with Crippen molar-refractivity contribution >= 4 is 15.0 Å². The predicted molar refractivity (Wildman–Crippen MR) is 157 cm³/mol. The summed E-state index contributed by atoms with van der Waals surface area (Å²) in [5, 5.41) is 0. The number of rotatable bonds is 18. The molecule has 2 aliphatic carbocycles. The normalized spacial score (nSPS) is 32.0. The van der Waals surface area contributed by atoms with Gasteiger partial charge < -0.3 is 14.3 Å². The second-order valence-electron chi connectivity index (χ2n) is 11.8. The molecule has 0 amide bonds. The Morgan fingerprint density at radius 3 is 2.05 bits per heavy atom. The van der Waals surface area contributed by atoms with Gasteiger partial charge in [-0.3, -0.25) is 9.13 Å². The minimum Gasteiger partial charge on any atom is -0.344 e. The van der Waals surface area contributed by atoms with E-state index in [1.54, 1.807) is 0 Å². The van der Waals surface area contributed by atoms with Gasteiger partial charge in [0, 0.05) is 6.66 Å². The fraction of sp³-hybridized carbons (Fsp3) is 0.800. The second kappa shape index (κ2) is 15.4. The number of unbranched alkanes of at least 4 members (excludes halogenated alkanes) is 3. The first-order valence-corrected chi connectivity index (χ1v) is 18.7. The van der Waals surface area contributed by atoms with Crippen LogP contribution in [-0.2, 0) is 13.7 Å². The Bertz CT molecular complexity index is 860. The Hall–Kier alpha value is -0.440. The number of hydrogen-bond acceptors (Lipinski definition) is 3. The van der Waals surface area contributed by atoms with Crippen molar-refractivity contribution < 1.29 is 23.4 Å². The van der Waals surface area contributed by atoms with Gasteiger partial charge in [0.1, 0.15) is 5.90 Å². The van der Waals surface area contributed by atoms with Crippen molar-refractivity contribution in [1.29, 1.82) is 0 Å². The summed E-state index contributed by atoms with van der Waals surface area (Å²) in [7, 11) is -7.74. The van der Waals surface area contributed by atoms with Crippen molar-refractivity contribution in [2.24, 2.45) is 29.1 Å². The van der Waals surface area contributed by atoms with Gasteiger partial charge in [-0.15, -0.1) is 0 Å². The van der Waals surface area contributed by atoms with Crippen molar-refractivity contribution in [3.8, 4) is 0 Å². The van der Waals surface area contributed by atoms with Crippen LogP contribution in [0.1, 0.15) is 105 Å². The minimum atomic E-state index is -4.11. The maximum absolute atomic E-state index is 12.6. The first kappa shape index (κ1) is 32.8. The summed E-state index contributed by atoms with van der Waals surface area (Å²) in [4.78, 5) is 19.9. The summed E-state index contributed by atoms with van der Waals surface area (Å²) >= 11 is 0. The molecule has 0 aliphatic heterocycles. The fourth-order valence-corrected chi connectivity index (χ4v) is 10.6. The van der Waals surface area contributed by atoms with Gasteiger partial charge in [0.05, 0.1) is 6.10 Å². The SMILES string of the molecule is CCC=CCCC=CCCCC1C(CCCC=CCC)CCC2(C)C(C(C)OP(=O)(O)CP(C)(=O)O)C12. The number of allylic oxidation sites excluding steroid dienone is 6. The van der Waals surface area contributed by atoms with E-state index >= 15 is 0 Å². The zero-order chi connectivity index (χ0) is 27.5. The van der Waals surface area contributed by atoms with Gasteiger partial charge in [-0.25, -0.2) is 0 Å². The van der Waals surface area contributed by atoms with Crippen LogP contribution in [0.4, 0.5) is 0 Å². The molecule has 5 nitrogen and oxygen atoms in total. The monoisotopic (exact) mass is 556 g/mol. The van der Waals surface area contributed by atoms with Crippen LogP contribution in [-0.4, -0.2) is 28.5 Å². The lowest BCUT2D eigenvalue weighted by Crippen LogP contribution is -2.25. The average molecular weight is 557 g/mol. The van der Waals surface area contributed by atoms with E-state index in [0.29, 0.717) is 17.8 Å². The molecule has 8 atom stereocenters. The van der Waals surface area contributed by atoms with Crippen molar-refractivity contribution in [2.45, 2.75) is 111 Å². The molecule has 2 rings (SSSR count).